The molecule has 2 N–H and O–H groups in total. The van der Waals surface area contributed by atoms with E-state index in [1.54, 1.807) is 0 Å². The summed E-state index contributed by atoms with van der Waals surface area (Å²) < 4.78 is 5.63. The molecule has 126 valence electrons. The van der Waals surface area contributed by atoms with Crippen LogP contribution < -0.4 is 15.4 Å². The Labute approximate surface area is 139 Å². The van der Waals surface area contributed by atoms with Crippen molar-refractivity contribution in [3.05, 3.63) is 29.8 Å². The van der Waals surface area contributed by atoms with E-state index in [-0.39, 0.29) is 11.8 Å². The SMILES string of the molecule is O=C(NCCNC1CCCCCC1)C1CCOc2ccccc21. The van der Waals surface area contributed by atoms with Gasteiger partial charge in [0.25, 0.3) is 0 Å². The number of carbonyl (C=O) groups excluding carboxylic acids is 1. The number of rotatable bonds is 5. The van der Waals surface area contributed by atoms with Crippen LogP contribution in [0, 0.1) is 0 Å². The van der Waals surface area contributed by atoms with Gasteiger partial charge in [0.2, 0.25) is 5.91 Å². The molecule has 1 atom stereocenters. The van der Waals surface area contributed by atoms with Gasteiger partial charge in [-0.25, -0.2) is 0 Å². The van der Waals surface area contributed by atoms with Gasteiger partial charge in [0.1, 0.15) is 5.75 Å². The van der Waals surface area contributed by atoms with Gasteiger partial charge in [-0.3, -0.25) is 4.79 Å². The predicted octanol–water partition coefficient (Wildman–Crippen LogP) is 2.98. The number of benzene rings is 1. The van der Waals surface area contributed by atoms with Crippen molar-refractivity contribution in [3.63, 3.8) is 0 Å². The van der Waals surface area contributed by atoms with Crippen LogP contribution in [-0.4, -0.2) is 31.6 Å². The van der Waals surface area contributed by atoms with Crippen LogP contribution >= 0.6 is 0 Å². The topological polar surface area (TPSA) is 50.4 Å². The van der Waals surface area contributed by atoms with E-state index >= 15 is 0 Å². The van der Waals surface area contributed by atoms with Crippen LogP contribution in [0.15, 0.2) is 24.3 Å². The summed E-state index contributed by atoms with van der Waals surface area (Å²) in [6.07, 6.45) is 8.74. The number of ether oxygens (including phenoxy) is 1. The molecular formula is C19H28N2O2. The van der Waals surface area contributed by atoms with Gasteiger partial charge in [-0.05, 0) is 25.3 Å². The summed E-state index contributed by atoms with van der Waals surface area (Å²) in [6.45, 7) is 2.19. The normalized spacial score (nSPS) is 21.8. The summed E-state index contributed by atoms with van der Waals surface area (Å²) >= 11 is 0. The van der Waals surface area contributed by atoms with Gasteiger partial charge in [-0.15, -0.1) is 0 Å². The molecule has 0 bridgehead atoms. The smallest absolute Gasteiger partial charge is 0.227 e. The van der Waals surface area contributed by atoms with Gasteiger partial charge in [0, 0.05) is 24.7 Å². The monoisotopic (exact) mass is 316 g/mol. The molecule has 1 unspecified atom stereocenters. The number of para-hydroxylation sites is 1. The highest BCUT2D eigenvalue weighted by Gasteiger charge is 2.27. The Balaban J connectivity index is 1.43. The number of hydrogen-bond acceptors (Lipinski definition) is 3. The number of nitrogens with one attached hydrogen (secondary N) is 2. The second-order valence-electron chi connectivity index (χ2n) is 6.66. The first kappa shape index (κ1) is 16.3. The van der Waals surface area contributed by atoms with Crippen molar-refractivity contribution in [1.82, 2.24) is 10.6 Å². The minimum atomic E-state index is -0.0715. The first-order valence-electron chi connectivity index (χ1n) is 9.07. The molecule has 0 saturated heterocycles. The first-order valence-corrected chi connectivity index (χ1v) is 9.07. The molecule has 0 aromatic heterocycles. The second kappa shape index (κ2) is 8.34. The Bertz CT molecular complexity index is 510. The zero-order chi connectivity index (χ0) is 15.9. The molecule has 1 aliphatic heterocycles. The van der Waals surface area contributed by atoms with E-state index in [4.69, 9.17) is 4.74 Å². The fourth-order valence-corrected chi connectivity index (χ4v) is 3.68. The molecule has 4 nitrogen and oxygen atoms in total. The van der Waals surface area contributed by atoms with E-state index in [0.717, 1.165) is 24.3 Å². The van der Waals surface area contributed by atoms with Crippen molar-refractivity contribution >= 4 is 5.91 Å². The molecule has 1 aliphatic carbocycles. The summed E-state index contributed by atoms with van der Waals surface area (Å²) in [7, 11) is 0. The third-order valence-corrected chi connectivity index (χ3v) is 4.99. The molecule has 1 aromatic rings. The van der Waals surface area contributed by atoms with Crippen LogP contribution in [-0.2, 0) is 4.79 Å². The van der Waals surface area contributed by atoms with Gasteiger partial charge in [0.15, 0.2) is 0 Å². The van der Waals surface area contributed by atoms with Crippen molar-refractivity contribution in [1.29, 1.82) is 0 Å². The minimum Gasteiger partial charge on any atom is -0.493 e. The van der Waals surface area contributed by atoms with Gasteiger partial charge in [-0.1, -0.05) is 43.9 Å². The first-order chi connectivity index (χ1) is 11.3. The van der Waals surface area contributed by atoms with Crippen molar-refractivity contribution in [2.24, 2.45) is 0 Å². The van der Waals surface area contributed by atoms with Crippen LogP contribution in [0.4, 0.5) is 0 Å². The third kappa shape index (κ3) is 4.47. The zero-order valence-electron chi connectivity index (χ0n) is 13.9. The molecule has 2 aliphatic rings. The van der Waals surface area contributed by atoms with E-state index in [1.807, 2.05) is 24.3 Å². The molecule has 1 heterocycles. The second-order valence-corrected chi connectivity index (χ2v) is 6.66. The average Bonchev–Trinajstić information content (AvgIpc) is 2.87. The lowest BCUT2D eigenvalue weighted by molar-refractivity contribution is -0.123. The minimum absolute atomic E-state index is 0.0715. The molecule has 1 fully saturated rings. The quantitative estimate of drug-likeness (QED) is 0.648. The Morgan fingerprint density at radius 1 is 1.04 bits per heavy atom. The highest BCUT2D eigenvalue weighted by atomic mass is 16.5. The Morgan fingerprint density at radius 2 is 1.83 bits per heavy atom. The van der Waals surface area contributed by atoms with Gasteiger partial charge in [0.05, 0.1) is 12.5 Å². The van der Waals surface area contributed by atoms with Crippen LogP contribution in [0.25, 0.3) is 0 Å². The molecule has 1 aromatic carbocycles. The van der Waals surface area contributed by atoms with Gasteiger partial charge in [-0.2, -0.15) is 0 Å². The lowest BCUT2D eigenvalue weighted by Crippen LogP contribution is -2.39. The Hall–Kier alpha value is -1.55. The fraction of sp³-hybridized carbons (Fsp3) is 0.632. The fourth-order valence-electron chi connectivity index (χ4n) is 3.68. The van der Waals surface area contributed by atoms with E-state index in [9.17, 15) is 4.79 Å². The summed E-state index contributed by atoms with van der Waals surface area (Å²) in [5.41, 5.74) is 1.02. The summed E-state index contributed by atoms with van der Waals surface area (Å²) in [6, 6.07) is 8.51. The van der Waals surface area contributed by atoms with Crippen molar-refractivity contribution in [2.45, 2.75) is 56.9 Å². The number of hydrogen-bond donors (Lipinski definition) is 2. The highest BCUT2D eigenvalue weighted by molar-refractivity contribution is 5.84. The van der Waals surface area contributed by atoms with E-state index in [0.29, 0.717) is 19.2 Å². The van der Waals surface area contributed by atoms with Crippen molar-refractivity contribution < 1.29 is 9.53 Å². The zero-order valence-corrected chi connectivity index (χ0v) is 13.9. The Morgan fingerprint density at radius 3 is 2.65 bits per heavy atom. The lowest BCUT2D eigenvalue weighted by atomic mass is 9.92. The third-order valence-electron chi connectivity index (χ3n) is 4.99. The maximum atomic E-state index is 12.5. The molecule has 1 saturated carbocycles. The van der Waals surface area contributed by atoms with Crippen LogP contribution in [0.1, 0.15) is 56.4 Å². The summed E-state index contributed by atoms with van der Waals surface area (Å²) in [5.74, 6) is 0.914. The summed E-state index contributed by atoms with van der Waals surface area (Å²) in [4.78, 5) is 12.5. The maximum Gasteiger partial charge on any atom is 0.227 e. The van der Waals surface area contributed by atoms with Crippen molar-refractivity contribution in [3.8, 4) is 5.75 Å². The molecular weight excluding hydrogens is 288 g/mol. The Kier molecular flexibility index (Phi) is 5.92. The number of fused-ring (bicyclic) bond motifs is 1. The molecule has 1 amide bonds. The standard InChI is InChI=1S/C19H28N2O2/c22-19(17-11-14-23-18-10-6-5-9-16(17)18)21-13-12-20-15-7-3-1-2-4-8-15/h5-6,9-10,15,17,20H,1-4,7-8,11-14H2,(H,21,22). The lowest BCUT2D eigenvalue weighted by Gasteiger charge is -2.25. The molecule has 0 radical (unpaired) electrons. The highest BCUT2D eigenvalue weighted by Crippen LogP contribution is 2.33. The number of amides is 1. The van der Waals surface area contributed by atoms with Crippen LogP contribution in [0.5, 0.6) is 5.75 Å². The van der Waals surface area contributed by atoms with Crippen molar-refractivity contribution in [2.75, 3.05) is 19.7 Å². The van der Waals surface area contributed by atoms with E-state index in [2.05, 4.69) is 10.6 Å². The maximum absolute atomic E-state index is 12.5. The average molecular weight is 316 g/mol. The van der Waals surface area contributed by atoms with Gasteiger partial charge < -0.3 is 15.4 Å². The van der Waals surface area contributed by atoms with E-state index < -0.39 is 0 Å². The van der Waals surface area contributed by atoms with Crippen LogP contribution in [0.2, 0.25) is 0 Å². The van der Waals surface area contributed by atoms with Gasteiger partial charge >= 0.3 is 0 Å². The van der Waals surface area contributed by atoms with Crippen LogP contribution in [0.3, 0.4) is 0 Å². The predicted molar refractivity (Wildman–Crippen MR) is 91.8 cm³/mol. The van der Waals surface area contributed by atoms with E-state index in [1.165, 1.54) is 38.5 Å². The molecule has 0 spiro atoms. The molecule has 3 rings (SSSR count). The molecule has 4 heteroatoms. The summed E-state index contributed by atoms with van der Waals surface area (Å²) in [5, 5.41) is 6.69. The number of carbonyl (C=O) groups is 1. The molecule has 23 heavy (non-hydrogen) atoms. The largest absolute Gasteiger partial charge is 0.493 e.